The van der Waals surface area contributed by atoms with Crippen molar-refractivity contribution in [3.8, 4) is 11.5 Å². The second-order valence-corrected chi connectivity index (χ2v) is 5.43. The second-order valence-electron chi connectivity index (χ2n) is 5.43. The van der Waals surface area contributed by atoms with Gasteiger partial charge in [-0.3, -0.25) is 4.98 Å². The van der Waals surface area contributed by atoms with Crippen LogP contribution in [0, 0.1) is 0 Å². The van der Waals surface area contributed by atoms with Crippen LogP contribution in [-0.4, -0.2) is 49.5 Å². The summed E-state index contributed by atoms with van der Waals surface area (Å²) >= 11 is 0. The molecule has 0 bridgehead atoms. The molecular weight excluding hydrogens is 322 g/mol. The minimum absolute atomic E-state index is 0.258. The zero-order chi connectivity index (χ0) is 18.2. The Bertz CT molecular complexity index is 677. The van der Waals surface area contributed by atoms with Crippen molar-refractivity contribution < 1.29 is 19.0 Å². The topological polar surface area (TPSA) is 72.9 Å². The lowest BCUT2D eigenvalue weighted by Gasteiger charge is -2.30. The van der Waals surface area contributed by atoms with E-state index in [4.69, 9.17) is 14.2 Å². The number of ether oxygens (including phenoxy) is 3. The number of likely N-dealkylation sites (N-methyl/N-ethyl adjacent to an activating group) is 1. The molecule has 2 aromatic rings. The molecule has 0 saturated heterocycles. The summed E-state index contributed by atoms with van der Waals surface area (Å²) in [4.78, 5) is 17.9. The van der Waals surface area contributed by atoms with Crippen molar-refractivity contribution in [3.05, 3.63) is 48.8 Å². The van der Waals surface area contributed by atoms with Crippen LogP contribution in [0.3, 0.4) is 0 Å². The van der Waals surface area contributed by atoms with E-state index in [1.54, 1.807) is 43.7 Å². The lowest BCUT2D eigenvalue weighted by molar-refractivity contribution is -0.132. The monoisotopic (exact) mass is 345 g/mol. The first-order valence-electron chi connectivity index (χ1n) is 7.82. The number of urea groups is 1. The van der Waals surface area contributed by atoms with Crippen molar-refractivity contribution in [2.75, 3.05) is 26.6 Å². The Morgan fingerprint density at radius 2 is 1.80 bits per heavy atom. The maximum Gasteiger partial charge on any atom is 0.322 e. The lowest BCUT2D eigenvalue weighted by atomic mass is 10.3. The summed E-state index contributed by atoms with van der Waals surface area (Å²) in [7, 11) is 4.76. The zero-order valence-electron chi connectivity index (χ0n) is 14.8. The van der Waals surface area contributed by atoms with Crippen LogP contribution in [-0.2, 0) is 9.47 Å². The van der Waals surface area contributed by atoms with Crippen molar-refractivity contribution in [2.45, 2.75) is 19.3 Å². The van der Waals surface area contributed by atoms with Gasteiger partial charge in [0.25, 0.3) is 0 Å². The number of nitrogens with zero attached hydrogens (tertiary/aromatic N) is 2. The number of pyridine rings is 1. The molecule has 1 atom stereocenters. The Labute approximate surface area is 147 Å². The lowest BCUT2D eigenvalue weighted by Crippen LogP contribution is -2.46. The number of hydrogen-bond donors (Lipinski definition) is 1. The molecule has 7 heteroatoms. The fraction of sp³-hybridized carbons (Fsp3) is 0.333. The molecule has 7 nitrogen and oxygen atoms in total. The first-order valence-corrected chi connectivity index (χ1v) is 7.82. The molecule has 0 spiro atoms. The van der Waals surface area contributed by atoms with E-state index in [0.717, 1.165) is 0 Å². The number of methoxy groups -OCH3 is 2. The fourth-order valence-corrected chi connectivity index (χ4v) is 2.25. The molecule has 0 aliphatic carbocycles. The first kappa shape index (κ1) is 18.7. The van der Waals surface area contributed by atoms with Gasteiger partial charge < -0.3 is 24.4 Å². The van der Waals surface area contributed by atoms with Crippen LogP contribution in [0.4, 0.5) is 10.5 Å². The smallest absolute Gasteiger partial charge is 0.322 e. The predicted molar refractivity (Wildman–Crippen MR) is 94.8 cm³/mol. The van der Waals surface area contributed by atoms with Gasteiger partial charge in [-0.1, -0.05) is 6.07 Å². The van der Waals surface area contributed by atoms with Gasteiger partial charge in [-0.05, 0) is 31.2 Å². The summed E-state index contributed by atoms with van der Waals surface area (Å²) in [6.07, 6.45) is 2.80. The van der Waals surface area contributed by atoms with Crippen molar-refractivity contribution >= 4 is 11.7 Å². The summed E-state index contributed by atoms with van der Waals surface area (Å²) in [5, 5.41) is 2.84. The van der Waals surface area contributed by atoms with Gasteiger partial charge in [-0.25, -0.2) is 4.79 Å². The van der Waals surface area contributed by atoms with Crippen LogP contribution in [0.25, 0.3) is 0 Å². The average Bonchev–Trinajstić information content (AvgIpc) is 2.63. The van der Waals surface area contributed by atoms with Gasteiger partial charge in [0.15, 0.2) is 6.29 Å². The average molecular weight is 345 g/mol. The minimum atomic E-state index is -0.503. The highest BCUT2D eigenvalue weighted by Crippen LogP contribution is 2.23. The summed E-state index contributed by atoms with van der Waals surface area (Å²) in [5.74, 6) is 1.29. The zero-order valence-corrected chi connectivity index (χ0v) is 14.8. The van der Waals surface area contributed by atoms with Crippen molar-refractivity contribution in [1.82, 2.24) is 9.88 Å². The normalized spacial score (nSPS) is 11.9. The molecule has 134 valence electrons. The van der Waals surface area contributed by atoms with Crippen LogP contribution in [0.15, 0.2) is 48.8 Å². The van der Waals surface area contributed by atoms with Crippen LogP contribution in [0.1, 0.15) is 6.92 Å². The van der Waals surface area contributed by atoms with E-state index in [1.807, 2.05) is 19.1 Å². The molecule has 2 amide bonds. The number of rotatable bonds is 7. The summed E-state index contributed by atoms with van der Waals surface area (Å²) in [6, 6.07) is 10.2. The Hall–Kier alpha value is -2.64. The molecule has 1 aromatic carbocycles. The molecular formula is C18H23N3O4. The van der Waals surface area contributed by atoms with Gasteiger partial charge in [0.05, 0.1) is 6.04 Å². The number of nitrogens with one attached hydrogen (secondary N) is 1. The molecule has 0 radical (unpaired) electrons. The number of aromatic nitrogens is 1. The number of carbonyl (C=O) groups is 1. The summed E-state index contributed by atoms with van der Waals surface area (Å²) in [6.45, 7) is 1.85. The maximum absolute atomic E-state index is 12.4. The van der Waals surface area contributed by atoms with E-state index in [-0.39, 0.29) is 12.1 Å². The van der Waals surface area contributed by atoms with Crippen LogP contribution in [0.5, 0.6) is 11.5 Å². The van der Waals surface area contributed by atoms with E-state index in [0.29, 0.717) is 17.2 Å². The largest absolute Gasteiger partial charge is 0.457 e. The van der Waals surface area contributed by atoms with Crippen LogP contribution < -0.4 is 10.1 Å². The number of benzene rings is 1. The number of amides is 2. The number of hydrogen-bond acceptors (Lipinski definition) is 5. The van der Waals surface area contributed by atoms with Crippen molar-refractivity contribution in [2.24, 2.45) is 0 Å². The summed E-state index contributed by atoms with van der Waals surface area (Å²) in [5.41, 5.74) is 0.627. The van der Waals surface area contributed by atoms with Gasteiger partial charge in [0.1, 0.15) is 11.5 Å². The van der Waals surface area contributed by atoms with E-state index >= 15 is 0 Å². The van der Waals surface area contributed by atoms with Crippen LogP contribution in [0.2, 0.25) is 0 Å². The molecule has 0 aliphatic heterocycles. The molecule has 25 heavy (non-hydrogen) atoms. The molecule has 1 aromatic heterocycles. The van der Waals surface area contributed by atoms with Crippen molar-refractivity contribution in [3.63, 3.8) is 0 Å². The Morgan fingerprint density at radius 3 is 2.44 bits per heavy atom. The molecule has 1 N–H and O–H groups in total. The second kappa shape index (κ2) is 9.00. The maximum atomic E-state index is 12.4. The first-order chi connectivity index (χ1) is 12.0. The predicted octanol–water partition coefficient (Wildman–Crippen LogP) is 3.35. The molecule has 1 heterocycles. The molecule has 0 saturated carbocycles. The Kier molecular flexibility index (Phi) is 6.73. The third-order valence-electron chi connectivity index (χ3n) is 3.76. The summed E-state index contributed by atoms with van der Waals surface area (Å²) < 4.78 is 16.1. The molecule has 1 unspecified atom stereocenters. The van der Waals surface area contributed by atoms with Gasteiger partial charge in [0.2, 0.25) is 0 Å². The van der Waals surface area contributed by atoms with E-state index in [9.17, 15) is 4.79 Å². The van der Waals surface area contributed by atoms with E-state index in [1.165, 1.54) is 19.1 Å². The minimum Gasteiger partial charge on any atom is -0.457 e. The quantitative estimate of drug-likeness (QED) is 0.779. The standard InChI is InChI=1S/C18H23N3O4/c1-13(17(23-3)24-4)21(2)18(22)20-14-6-5-7-16(12-14)25-15-8-10-19-11-9-15/h5-13,17H,1-4H3,(H,20,22). The number of carbonyl (C=O) groups excluding carboxylic acids is 1. The fourth-order valence-electron chi connectivity index (χ4n) is 2.25. The Balaban J connectivity index is 2.02. The van der Waals surface area contributed by atoms with Crippen molar-refractivity contribution in [1.29, 1.82) is 0 Å². The molecule has 0 aliphatic rings. The SMILES string of the molecule is COC(OC)C(C)N(C)C(=O)Nc1cccc(Oc2ccncc2)c1. The number of anilines is 1. The highest BCUT2D eigenvalue weighted by atomic mass is 16.7. The van der Waals surface area contributed by atoms with E-state index in [2.05, 4.69) is 10.3 Å². The third kappa shape index (κ3) is 5.17. The van der Waals surface area contributed by atoms with Gasteiger partial charge in [-0.2, -0.15) is 0 Å². The van der Waals surface area contributed by atoms with Gasteiger partial charge in [-0.15, -0.1) is 0 Å². The highest BCUT2D eigenvalue weighted by molar-refractivity contribution is 5.89. The highest BCUT2D eigenvalue weighted by Gasteiger charge is 2.24. The van der Waals surface area contributed by atoms with E-state index < -0.39 is 6.29 Å². The van der Waals surface area contributed by atoms with Gasteiger partial charge in [0, 0.05) is 45.4 Å². The van der Waals surface area contributed by atoms with Crippen LogP contribution >= 0.6 is 0 Å². The molecule has 0 fully saturated rings. The van der Waals surface area contributed by atoms with Gasteiger partial charge >= 0.3 is 6.03 Å². The Morgan fingerprint density at radius 1 is 1.12 bits per heavy atom. The molecule has 2 rings (SSSR count). The third-order valence-corrected chi connectivity index (χ3v) is 3.76.